The molecule has 3 aliphatic rings. The summed E-state index contributed by atoms with van der Waals surface area (Å²) in [5.41, 5.74) is 1.53. The number of benzene rings is 1. The van der Waals surface area contributed by atoms with Gasteiger partial charge in [0.2, 0.25) is 5.91 Å². The second-order valence-electron chi connectivity index (χ2n) is 9.41. The molecule has 3 fully saturated rings. The summed E-state index contributed by atoms with van der Waals surface area (Å²) in [4.78, 5) is 24.6. The van der Waals surface area contributed by atoms with Crippen LogP contribution < -0.4 is 10.1 Å². The van der Waals surface area contributed by atoms with E-state index in [-0.39, 0.29) is 11.5 Å². The highest BCUT2D eigenvalue weighted by Crippen LogP contribution is 2.48. The number of likely N-dealkylation sites (tertiary alicyclic amines) is 1. The number of amides is 1. The Hall–Kier alpha value is -2.28. The molecule has 1 N–H and O–H groups in total. The Bertz CT molecular complexity index is 791. The van der Waals surface area contributed by atoms with Crippen molar-refractivity contribution in [3.8, 4) is 5.75 Å². The van der Waals surface area contributed by atoms with Crippen molar-refractivity contribution in [2.45, 2.75) is 51.0 Å². The lowest BCUT2D eigenvalue weighted by atomic mass is 9.96. The minimum absolute atomic E-state index is 0.0282. The minimum Gasteiger partial charge on any atom is -0.497 e. The molecular weight excluding hydrogens is 402 g/mol. The summed E-state index contributed by atoms with van der Waals surface area (Å²) in [5, 5.41) is 3.50. The number of ether oxygens (including phenoxy) is 1. The van der Waals surface area contributed by atoms with Crippen LogP contribution in [-0.4, -0.2) is 92.1 Å². The van der Waals surface area contributed by atoms with E-state index in [1.54, 1.807) is 7.11 Å². The van der Waals surface area contributed by atoms with Gasteiger partial charge in [0.15, 0.2) is 5.96 Å². The smallest absolute Gasteiger partial charge is 0.239 e. The summed E-state index contributed by atoms with van der Waals surface area (Å²) in [5.74, 6) is 2.20. The molecule has 1 aromatic rings. The van der Waals surface area contributed by atoms with Crippen LogP contribution in [0.2, 0.25) is 0 Å². The number of hydrogen-bond acceptors (Lipinski definition) is 4. The zero-order chi connectivity index (χ0) is 22.6. The van der Waals surface area contributed by atoms with E-state index in [9.17, 15) is 4.79 Å². The Labute approximate surface area is 192 Å². The van der Waals surface area contributed by atoms with Crippen molar-refractivity contribution < 1.29 is 9.53 Å². The van der Waals surface area contributed by atoms with Crippen molar-refractivity contribution in [3.63, 3.8) is 0 Å². The van der Waals surface area contributed by atoms with Crippen molar-refractivity contribution in [2.75, 3.05) is 59.5 Å². The Morgan fingerprint density at radius 1 is 1.06 bits per heavy atom. The van der Waals surface area contributed by atoms with Gasteiger partial charge in [-0.25, -0.2) is 0 Å². The third-order valence-electron chi connectivity index (χ3n) is 7.36. The van der Waals surface area contributed by atoms with Crippen molar-refractivity contribution in [1.29, 1.82) is 0 Å². The van der Waals surface area contributed by atoms with Gasteiger partial charge in [-0.05, 0) is 57.2 Å². The second-order valence-corrected chi connectivity index (χ2v) is 9.41. The third-order valence-corrected chi connectivity index (χ3v) is 7.36. The van der Waals surface area contributed by atoms with Crippen LogP contribution in [0, 0.1) is 0 Å². The maximum Gasteiger partial charge on any atom is 0.239 e. The van der Waals surface area contributed by atoms with Gasteiger partial charge in [0, 0.05) is 51.2 Å². The van der Waals surface area contributed by atoms with E-state index in [1.165, 1.54) is 18.4 Å². The van der Waals surface area contributed by atoms with Crippen molar-refractivity contribution in [2.24, 2.45) is 4.99 Å². The molecule has 2 saturated heterocycles. The van der Waals surface area contributed by atoms with E-state index >= 15 is 0 Å². The third kappa shape index (κ3) is 5.03. The molecular formula is C25H39N5O2. The summed E-state index contributed by atoms with van der Waals surface area (Å²) in [6.45, 7) is 11.3. The van der Waals surface area contributed by atoms with E-state index < -0.39 is 0 Å². The van der Waals surface area contributed by atoms with Crippen LogP contribution in [0.25, 0.3) is 0 Å². The van der Waals surface area contributed by atoms with Crippen molar-refractivity contribution in [1.82, 2.24) is 20.0 Å². The van der Waals surface area contributed by atoms with Crippen LogP contribution in [0.5, 0.6) is 5.75 Å². The Balaban J connectivity index is 1.35. The zero-order valence-electron chi connectivity index (χ0n) is 20.0. The number of piperazine rings is 1. The zero-order valence-corrected chi connectivity index (χ0v) is 20.0. The summed E-state index contributed by atoms with van der Waals surface area (Å²) < 4.78 is 5.31. The first-order chi connectivity index (χ1) is 15.6. The second kappa shape index (κ2) is 10.1. The fourth-order valence-corrected chi connectivity index (χ4v) is 4.96. The monoisotopic (exact) mass is 441 g/mol. The fourth-order valence-electron chi connectivity index (χ4n) is 4.96. The summed E-state index contributed by atoms with van der Waals surface area (Å²) in [7, 11) is 1.71. The Kier molecular flexibility index (Phi) is 7.23. The summed E-state index contributed by atoms with van der Waals surface area (Å²) >= 11 is 0. The first-order valence-corrected chi connectivity index (χ1v) is 12.3. The molecule has 1 saturated carbocycles. The summed E-state index contributed by atoms with van der Waals surface area (Å²) in [6.07, 6.45) is 4.66. The van der Waals surface area contributed by atoms with Gasteiger partial charge in [0.1, 0.15) is 5.75 Å². The van der Waals surface area contributed by atoms with Gasteiger partial charge in [0.25, 0.3) is 0 Å². The molecule has 0 radical (unpaired) electrons. The van der Waals surface area contributed by atoms with Crippen molar-refractivity contribution >= 4 is 11.9 Å². The van der Waals surface area contributed by atoms with Crippen LogP contribution in [0.15, 0.2) is 29.3 Å². The van der Waals surface area contributed by atoms with E-state index in [4.69, 9.17) is 9.73 Å². The molecule has 7 nitrogen and oxygen atoms in total. The molecule has 1 amide bonds. The molecule has 1 unspecified atom stereocenters. The molecule has 176 valence electrons. The van der Waals surface area contributed by atoms with Gasteiger partial charge >= 0.3 is 0 Å². The lowest BCUT2D eigenvalue weighted by molar-refractivity contribution is -0.135. The lowest BCUT2D eigenvalue weighted by Gasteiger charge is -2.39. The molecule has 7 heteroatoms. The van der Waals surface area contributed by atoms with Crippen LogP contribution in [0.1, 0.15) is 45.1 Å². The van der Waals surface area contributed by atoms with Crippen LogP contribution in [0.4, 0.5) is 0 Å². The highest BCUT2D eigenvalue weighted by atomic mass is 16.5. The number of nitrogens with zero attached hydrogens (tertiary/aromatic N) is 4. The first-order valence-electron chi connectivity index (χ1n) is 12.3. The molecule has 0 bridgehead atoms. The highest BCUT2D eigenvalue weighted by molar-refractivity contribution is 5.82. The van der Waals surface area contributed by atoms with Gasteiger partial charge in [-0.1, -0.05) is 12.1 Å². The predicted octanol–water partition coefficient (Wildman–Crippen LogP) is 2.32. The van der Waals surface area contributed by atoms with Gasteiger partial charge in [0.05, 0.1) is 19.7 Å². The molecule has 0 aromatic heterocycles. The van der Waals surface area contributed by atoms with Crippen molar-refractivity contribution in [3.05, 3.63) is 29.8 Å². The number of hydrogen-bond donors (Lipinski definition) is 1. The maximum atomic E-state index is 12.8. The average Bonchev–Trinajstić information content (AvgIpc) is 3.43. The van der Waals surface area contributed by atoms with Crippen LogP contribution >= 0.6 is 0 Å². The van der Waals surface area contributed by atoms with Gasteiger partial charge < -0.3 is 19.9 Å². The quantitative estimate of drug-likeness (QED) is 0.520. The van der Waals surface area contributed by atoms with E-state index in [0.717, 1.165) is 76.9 Å². The van der Waals surface area contributed by atoms with Crippen LogP contribution in [-0.2, 0) is 10.2 Å². The minimum atomic E-state index is -0.0282. The molecule has 1 aromatic carbocycles. The lowest BCUT2D eigenvalue weighted by Crippen LogP contribution is -2.57. The fraction of sp³-hybridized carbons (Fsp3) is 0.680. The molecule has 1 atom stereocenters. The largest absolute Gasteiger partial charge is 0.497 e. The van der Waals surface area contributed by atoms with E-state index in [1.807, 2.05) is 17.0 Å². The molecule has 1 aliphatic carbocycles. The number of guanidine groups is 1. The highest BCUT2D eigenvalue weighted by Gasteiger charge is 2.44. The first kappa shape index (κ1) is 22.9. The Morgan fingerprint density at radius 2 is 1.72 bits per heavy atom. The molecule has 4 rings (SSSR count). The molecule has 2 aliphatic heterocycles. The maximum absolute atomic E-state index is 12.8. The molecule has 2 heterocycles. The SMILES string of the molecule is CCNC(=NCC1(c2ccc(OC)cc2)CC1)N1CCN(C(C)C(=O)N2CCCC2)CC1. The topological polar surface area (TPSA) is 60.4 Å². The molecule has 32 heavy (non-hydrogen) atoms. The molecule has 0 spiro atoms. The number of methoxy groups -OCH3 is 1. The summed E-state index contributed by atoms with van der Waals surface area (Å²) in [6, 6.07) is 8.44. The van der Waals surface area contributed by atoms with E-state index in [0.29, 0.717) is 5.91 Å². The number of nitrogens with one attached hydrogen (secondary N) is 1. The van der Waals surface area contributed by atoms with Crippen LogP contribution in [0.3, 0.4) is 0 Å². The number of aliphatic imine (C=N–C) groups is 1. The predicted molar refractivity (Wildman–Crippen MR) is 128 cm³/mol. The normalized spacial score (nSPS) is 22.0. The number of rotatable bonds is 7. The van der Waals surface area contributed by atoms with E-state index in [2.05, 4.69) is 41.1 Å². The van der Waals surface area contributed by atoms with Gasteiger partial charge in [-0.2, -0.15) is 0 Å². The number of carbonyl (C=O) groups is 1. The van der Waals surface area contributed by atoms with Gasteiger partial charge in [-0.3, -0.25) is 14.7 Å². The Morgan fingerprint density at radius 3 is 2.28 bits per heavy atom. The van der Waals surface area contributed by atoms with Gasteiger partial charge in [-0.15, -0.1) is 0 Å². The average molecular weight is 442 g/mol. The standard InChI is InChI=1S/C25H39N5O2/c1-4-26-24(27-19-25(11-12-25)21-7-9-22(32-3)10-8-21)30-17-15-28(16-18-30)20(2)23(31)29-13-5-6-14-29/h7-10,20H,4-6,11-19H2,1-3H3,(H,26,27). The number of carbonyl (C=O) groups excluding carboxylic acids is 1.